The van der Waals surface area contributed by atoms with E-state index >= 15 is 0 Å². The summed E-state index contributed by atoms with van der Waals surface area (Å²) in [5.41, 5.74) is 5.63. The summed E-state index contributed by atoms with van der Waals surface area (Å²) in [7, 11) is -3.56. The molecule has 0 radical (unpaired) electrons. The van der Waals surface area contributed by atoms with Crippen LogP contribution in [0.5, 0.6) is 0 Å². The molecule has 0 saturated carbocycles. The summed E-state index contributed by atoms with van der Waals surface area (Å²) in [6, 6.07) is 4.59. The van der Waals surface area contributed by atoms with E-state index in [0.717, 1.165) is 0 Å². The van der Waals surface area contributed by atoms with Gasteiger partial charge in [-0.2, -0.15) is 0 Å². The van der Waals surface area contributed by atoms with Gasteiger partial charge in [0.15, 0.2) is 0 Å². The average Bonchev–Trinajstić information content (AvgIpc) is 2.13. The van der Waals surface area contributed by atoms with Crippen LogP contribution >= 0.6 is 11.6 Å². The zero-order valence-electron chi connectivity index (χ0n) is 10.1. The quantitative estimate of drug-likeness (QED) is 0.885. The summed E-state index contributed by atoms with van der Waals surface area (Å²) in [6.07, 6.45) is 0. The van der Waals surface area contributed by atoms with Crippen LogP contribution in [-0.2, 0) is 16.6 Å². The third-order valence-corrected chi connectivity index (χ3v) is 3.87. The molecule has 17 heavy (non-hydrogen) atoms. The molecular weight excluding hydrogens is 260 g/mol. The largest absolute Gasteiger partial charge is 0.326 e. The van der Waals surface area contributed by atoms with Crippen molar-refractivity contribution >= 4 is 21.6 Å². The van der Waals surface area contributed by atoms with Gasteiger partial charge in [0.25, 0.3) is 0 Å². The van der Waals surface area contributed by atoms with Gasteiger partial charge in [0.1, 0.15) is 0 Å². The van der Waals surface area contributed by atoms with E-state index in [1.807, 2.05) is 0 Å². The minimum absolute atomic E-state index is 0.139. The summed E-state index contributed by atoms with van der Waals surface area (Å²) in [5.74, 6) is 0. The first-order chi connectivity index (χ1) is 7.64. The molecule has 0 aromatic heterocycles. The average molecular weight is 277 g/mol. The van der Waals surface area contributed by atoms with Crippen molar-refractivity contribution in [1.82, 2.24) is 4.72 Å². The monoisotopic (exact) mass is 276 g/mol. The molecule has 3 N–H and O–H groups in total. The molecule has 0 fully saturated rings. The van der Waals surface area contributed by atoms with Gasteiger partial charge in [-0.25, -0.2) is 13.1 Å². The molecule has 0 aliphatic rings. The summed E-state index contributed by atoms with van der Waals surface area (Å²) in [5, 5.41) is 0.363. The Hall–Kier alpha value is -0.620. The molecule has 6 heteroatoms. The first-order valence-corrected chi connectivity index (χ1v) is 7.04. The highest BCUT2D eigenvalue weighted by atomic mass is 35.5. The second-order valence-electron chi connectivity index (χ2n) is 4.85. The van der Waals surface area contributed by atoms with Crippen molar-refractivity contribution in [3.05, 3.63) is 28.8 Å². The van der Waals surface area contributed by atoms with E-state index < -0.39 is 15.6 Å². The van der Waals surface area contributed by atoms with Gasteiger partial charge < -0.3 is 5.73 Å². The lowest BCUT2D eigenvalue weighted by Gasteiger charge is -2.20. The van der Waals surface area contributed by atoms with Crippen LogP contribution in [-0.4, -0.2) is 14.0 Å². The highest BCUT2D eigenvalue weighted by Crippen LogP contribution is 2.20. The fourth-order valence-electron chi connectivity index (χ4n) is 1.36. The van der Waals surface area contributed by atoms with E-state index in [0.29, 0.717) is 10.6 Å². The van der Waals surface area contributed by atoms with Crippen molar-refractivity contribution in [2.45, 2.75) is 37.8 Å². The SMILES string of the molecule is CC(C)(C)NS(=O)(=O)c1cc(Cl)cc(CN)c1. The lowest BCUT2D eigenvalue weighted by Crippen LogP contribution is -2.40. The van der Waals surface area contributed by atoms with Crippen LogP contribution in [0.2, 0.25) is 5.02 Å². The molecular formula is C11H17ClN2O2S. The Balaban J connectivity index is 3.20. The second-order valence-corrected chi connectivity index (χ2v) is 6.97. The van der Waals surface area contributed by atoms with Crippen molar-refractivity contribution in [3.63, 3.8) is 0 Å². The first kappa shape index (κ1) is 14.4. The summed E-state index contributed by atoms with van der Waals surface area (Å²) < 4.78 is 26.7. The number of hydrogen-bond acceptors (Lipinski definition) is 3. The minimum Gasteiger partial charge on any atom is -0.326 e. The van der Waals surface area contributed by atoms with Crippen LogP contribution in [0.4, 0.5) is 0 Å². The van der Waals surface area contributed by atoms with Crippen LogP contribution in [0.25, 0.3) is 0 Å². The summed E-state index contributed by atoms with van der Waals surface area (Å²) >= 11 is 5.86. The molecule has 0 aliphatic carbocycles. The topological polar surface area (TPSA) is 72.2 Å². The maximum atomic E-state index is 12.1. The van der Waals surface area contributed by atoms with Gasteiger partial charge in [-0.05, 0) is 44.5 Å². The number of nitrogens with one attached hydrogen (secondary N) is 1. The molecule has 4 nitrogen and oxygen atoms in total. The number of nitrogens with two attached hydrogens (primary N) is 1. The molecule has 0 unspecified atom stereocenters. The fourth-order valence-corrected chi connectivity index (χ4v) is 3.19. The van der Waals surface area contributed by atoms with Gasteiger partial charge in [0, 0.05) is 17.1 Å². The number of rotatable bonds is 3. The molecule has 0 atom stereocenters. The van der Waals surface area contributed by atoms with Gasteiger partial charge in [-0.1, -0.05) is 11.6 Å². The molecule has 0 saturated heterocycles. The van der Waals surface area contributed by atoms with Crippen molar-refractivity contribution in [1.29, 1.82) is 0 Å². The predicted octanol–water partition coefficient (Wildman–Crippen LogP) is 1.88. The maximum absolute atomic E-state index is 12.1. The van der Waals surface area contributed by atoms with E-state index in [1.54, 1.807) is 26.8 Å². The van der Waals surface area contributed by atoms with Crippen LogP contribution in [0.1, 0.15) is 26.3 Å². The zero-order valence-corrected chi connectivity index (χ0v) is 11.7. The van der Waals surface area contributed by atoms with E-state index in [1.165, 1.54) is 12.1 Å². The van der Waals surface area contributed by atoms with Crippen LogP contribution < -0.4 is 10.5 Å². The van der Waals surface area contributed by atoms with Gasteiger partial charge in [0.2, 0.25) is 10.0 Å². The van der Waals surface area contributed by atoms with Crippen LogP contribution in [0.15, 0.2) is 23.1 Å². The Morgan fingerprint density at radius 1 is 1.29 bits per heavy atom. The van der Waals surface area contributed by atoms with E-state index in [-0.39, 0.29) is 11.4 Å². The van der Waals surface area contributed by atoms with Gasteiger partial charge in [0.05, 0.1) is 4.90 Å². The second kappa shape index (κ2) is 4.94. The van der Waals surface area contributed by atoms with E-state index in [4.69, 9.17) is 17.3 Å². The molecule has 1 aromatic carbocycles. The molecule has 96 valence electrons. The molecule has 1 aromatic rings. The molecule has 1 rings (SSSR count). The highest BCUT2D eigenvalue weighted by Gasteiger charge is 2.22. The van der Waals surface area contributed by atoms with Crippen LogP contribution in [0, 0.1) is 0 Å². The number of sulfonamides is 1. The predicted molar refractivity (Wildman–Crippen MR) is 69.4 cm³/mol. The van der Waals surface area contributed by atoms with E-state index in [2.05, 4.69) is 4.72 Å². The Bertz CT molecular complexity index is 507. The number of hydrogen-bond donors (Lipinski definition) is 2. The third-order valence-electron chi connectivity index (χ3n) is 1.92. The first-order valence-electron chi connectivity index (χ1n) is 5.17. The Kier molecular flexibility index (Phi) is 4.19. The smallest absolute Gasteiger partial charge is 0.241 e. The van der Waals surface area contributed by atoms with Crippen molar-refractivity contribution in [2.75, 3.05) is 0 Å². The highest BCUT2D eigenvalue weighted by molar-refractivity contribution is 7.89. The number of benzene rings is 1. The fraction of sp³-hybridized carbons (Fsp3) is 0.455. The molecule has 0 heterocycles. The zero-order chi connectivity index (χ0) is 13.3. The maximum Gasteiger partial charge on any atom is 0.241 e. The van der Waals surface area contributed by atoms with Crippen molar-refractivity contribution < 1.29 is 8.42 Å². The lowest BCUT2D eigenvalue weighted by molar-refractivity contribution is 0.491. The Morgan fingerprint density at radius 3 is 2.35 bits per heavy atom. The molecule has 0 aliphatic heterocycles. The van der Waals surface area contributed by atoms with Crippen molar-refractivity contribution in [3.8, 4) is 0 Å². The molecule has 0 spiro atoms. The number of halogens is 1. The third kappa shape index (κ3) is 4.27. The minimum atomic E-state index is -3.56. The molecule has 0 bridgehead atoms. The van der Waals surface area contributed by atoms with Gasteiger partial charge in [-0.3, -0.25) is 0 Å². The summed E-state index contributed by atoms with van der Waals surface area (Å²) in [6.45, 7) is 5.58. The van der Waals surface area contributed by atoms with E-state index in [9.17, 15) is 8.42 Å². The van der Waals surface area contributed by atoms with Crippen molar-refractivity contribution in [2.24, 2.45) is 5.73 Å². The Morgan fingerprint density at radius 2 is 1.88 bits per heavy atom. The Labute approximate surface area is 107 Å². The lowest BCUT2D eigenvalue weighted by atomic mass is 10.1. The molecule has 0 amide bonds. The van der Waals surface area contributed by atoms with Crippen LogP contribution in [0.3, 0.4) is 0 Å². The van der Waals surface area contributed by atoms with Gasteiger partial charge >= 0.3 is 0 Å². The standard InChI is InChI=1S/C11H17ClN2O2S/c1-11(2,3)14-17(15,16)10-5-8(7-13)4-9(12)6-10/h4-6,14H,7,13H2,1-3H3. The summed E-state index contributed by atoms with van der Waals surface area (Å²) in [4.78, 5) is 0.139. The normalized spacial score (nSPS) is 12.8. The van der Waals surface area contributed by atoms with Gasteiger partial charge in [-0.15, -0.1) is 0 Å².